The molecule has 0 unspecified atom stereocenters. The lowest BCUT2D eigenvalue weighted by molar-refractivity contribution is 0.783. The van der Waals surface area contributed by atoms with E-state index >= 15 is 0 Å². The van der Waals surface area contributed by atoms with E-state index in [0.29, 0.717) is 6.54 Å². The van der Waals surface area contributed by atoms with E-state index in [4.69, 9.17) is 0 Å². The first-order valence-electron chi connectivity index (χ1n) is 3.91. The lowest BCUT2D eigenvalue weighted by atomic mass is 10.3. The van der Waals surface area contributed by atoms with E-state index in [1.165, 1.54) is 0 Å². The molecule has 1 aromatic rings. The first-order chi connectivity index (χ1) is 6.15. The van der Waals surface area contributed by atoms with Gasteiger partial charge in [0.05, 0.1) is 6.54 Å². The second-order valence-electron chi connectivity index (χ2n) is 2.70. The van der Waals surface area contributed by atoms with Gasteiger partial charge in [0.25, 0.3) is 5.56 Å². The van der Waals surface area contributed by atoms with Crippen LogP contribution in [0.5, 0.6) is 0 Å². The van der Waals surface area contributed by atoms with Crippen LogP contribution in [0.3, 0.4) is 0 Å². The zero-order chi connectivity index (χ0) is 9.84. The number of hydrogen-bond donors (Lipinski definition) is 0. The summed E-state index contributed by atoms with van der Waals surface area (Å²) in [6.45, 7) is 4.07. The summed E-state index contributed by atoms with van der Waals surface area (Å²) in [5.41, 5.74) is 0.813. The standard InChI is InChI=1S/C10H10INO/c1-3-4-5-12-7-9(11)6-8(2)10(12)13/h6-7H,5H2,1-2H3. The fourth-order valence-electron chi connectivity index (χ4n) is 1.02. The van der Waals surface area contributed by atoms with Crippen LogP contribution in [0.2, 0.25) is 0 Å². The van der Waals surface area contributed by atoms with Gasteiger partial charge in [-0.3, -0.25) is 4.79 Å². The summed E-state index contributed by atoms with van der Waals surface area (Å²) in [5, 5.41) is 0. The zero-order valence-corrected chi connectivity index (χ0v) is 9.75. The van der Waals surface area contributed by atoms with Crippen LogP contribution in [-0.4, -0.2) is 4.57 Å². The molecule has 0 bridgehead atoms. The maximum atomic E-state index is 11.5. The van der Waals surface area contributed by atoms with Crippen molar-refractivity contribution >= 4 is 22.6 Å². The Hall–Kier alpha value is -0.760. The summed E-state index contributed by atoms with van der Waals surface area (Å²) >= 11 is 2.19. The summed E-state index contributed by atoms with van der Waals surface area (Å²) in [6, 6.07) is 1.87. The van der Waals surface area contributed by atoms with Gasteiger partial charge in [-0.05, 0) is 42.5 Å². The van der Waals surface area contributed by atoms with Gasteiger partial charge in [-0.15, -0.1) is 5.92 Å². The highest BCUT2D eigenvalue weighted by atomic mass is 127. The number of aryl methyl sites for hydroxylation is 1. The molecule has 0 saturated heterocycles. The van der Waals surface area contributed by atoms with Gasteiger partial charge in [0.15, 0.2) is 0 Å². The summed E-state index contributed by atoms with van der Waals surface area (Å²) in [7, 11) is 0. The molecule has 68 valence electrons. The fraction of sp³-hybridized carbons (Fsp3) is 0.300. The highest BCUT2D eigenvalue weighted by Gasteiger charge is 1.99. The number of hydrogen-bond acceptors (Lipinski definition) is 1. The molecule has 2 nitrogen and oxygen atoms in total. The van der Waals surface area contributed by atoms with Gasteiger partial charge < -0.3 is 4.57 Å². The predicted octanol–water partition coefficient (Wildman–Crippen LogP) is 1.78. The smallest absolute Gasteiger partial charge is 0.254 e. The molecule has 0 aromatic carbocycles. The van der Waals surface area contributed by atoms with Gasteiger partial charge in [0, 0.05) is 15.3 Å². The van der Waals surface area contributed by atoms with E-state index in [-0.39, 0.29) is 5.56 Å². The molecule has 0 spiro atoms. The number of rotatable bonds is 1. The molecule has 13 heavy (non-hydrogen) atoms. The maximum absolute atomic E-state index is 11.5. The molecular formula is C10H10INO. The average Bonchev–Trinajstić information content (AvgIpc) is 2.09. The van der Waals surface area contributed by atoms with Gasteiger partial charge in [0.2, 0.25) is 0 Å². The topological polar surface area (TPSA) is 22.0 Å². The molecule has 0 aliphatic rings. The van der Waals surface area contributed by atoms with Gasteiger partial charge in [-0.1, -0.05) is 5.92 Å². The largest absolute Gasteiger partial charge is 0.303 e. The summed E-state index contributed by atoms with van der Waals surface area (Å²) in [6.07, 6.45) is 1.82. The highest BCUT2D eigenvalue weighted by molar-refractivity contribution is 14.1. The molecule has 0 amide bonds. The molecule has 0 aliphatic heterocycles. The first-order valence-corrected chi connectivity index (χ1v) is 4.99. The Labute approximate surface area is 91.1 Å². The van der Waals surface area contributed by atoms with E-state index in [2.05, 4.69) is 34.4 Å². The van der Waals surface area contributed by atoms with Crippen molar-refractivity contribution in [1.82, 2.24) is 4.57 Å². The Morgan fingerprint density at radius 1 is 1.62 bits per heavy atom. The SMILES string of the molecule is CC#CCn1cc(I)cc(C)c1=O. The van der Waals surface area contributed by atoms with Crippen molar-refractivity contribution in [2.75, 3.05) is 0 Å². The van der Waals surface area contributed by atoms with Crippen molar-refractivity contribution in [3.63, 3.8) is 0 Å². The summed E-state index contributed by atoms with van der Waals surface area (Å²) in [4.78, 5) is 11.5. The van der Waals surface area contributed by atoms with Crippen LogP contribution in [0.1, 0.15) is 12.5 Å². The van der Waals surface area contributed by atoms with Crippen LogP contribution in [-0.2, 0) is 6.54 Å². The molecule has 0 fully saturated rings. The normalized spacial score (nSPS) is 9.15. The molecule has 1 rings (SSSR count). The second-order valence-corrected chi connectivity index (χ2v) is 3.95. The van der Waals surface area contributed by atoms with Gasteiger partial charge in [-0.25, -0.2) is 0 Å². The van der Waals surface area contributed by atoms with Crippen molar-refractivity contribution < 1.29 is 0 Å². The number of nitrogens with zero attached hydrogens (tertiary/aromatic N) is 1. The van der Waals surface area contributed by atoms with E-state index in [9.17, 15) is 4.79 Å². The van der Waals surface area contributed by atoms with Crippen molar-refractivity contribution in [3.8, 4) is 11.8 Å². The van der Waals surface area contributed by atoms with Gasteiger partial charge >= 0.3 is 0 Å². The minimum absolute atomic E-state index is 0.0446. The Balaban J connectivity index is 3.18. The molecule has 0 saturated carbocycles. The molecule has 0 N–H and O–H groups in total. The number of aromatic nitrogens is 1. The summed E-state index contributed by atoms with van der Waals surface area (Å²) in [5.74, 6) is 5.64. The number of halogens is 1. The third kappa shape index (κ3) is 2.59. The molecule has 0 aliphatic carbocycles. The summed E-state index contributed by atoms with van der Waals surface area (Å²) < 4.78 is 2.70. The van der Waals surface area contributed by atoms with E-state index < -0.39 is 0 Å². The molecule has 1 aromatic heterocycles. The Morgan fingerprint density at radius 2 is 2.31 bits per heavy atom. The molecular weight excluding hydrogens is 277 g/mol. The molecule has 0 radical (unpaired) electrons. The number of pyridine rings is 1. The second kappa shape index (κ2) is 4.47. The van der Waals surface area contributed by atoms with E-state index in [1.54, 1.807) is 11.5 Å². The van der Waals surface area contributed by atoms with Crippen LogP contribution in [0.15, 0.2) is 17.1 Å². The van der Waals surface area contributed by atoms with Crippen molar-refractivity contribution in [2.24, 2.45) is 0 Å². The third-order valence-corrected chi connectivity index (χ3v) is 2.25. The van der Waals surface area contributed by atoms with Crippen LogP contribution < -0.4 is 5.56 Å². The molecule has 1 heterocycles. The lowest BCUT2D eigenvalue weighted by Gasteiger charge is -2.02. The van der Waals surface area contributed by atoms with Gasteiger partial charge in [-0.2, -0.15) is 0 Å². The fourth-order valence-corrected chi connectivity index (χ4v) is 1.82. The third-order valence-electron chi connectivity index (χ3n) is 1.66. The van der Waals surface area contributed by atoms with Gasteiger partial charge in [0.1, 0.15) is 0 Å². The van der Waals surface area contributed by atoms with Crippen molar-refractivity contribution in [2.45, 2.75) is 20.4 Å². The first kappa shape index (κ1) is 10.3. The Kier molecular flexibility index (Phi) is 3.55. The van der Waals surface area contributed by atoms with Crippen LogP contribution in [0.25, 0.3) is 0 Å². The van der Waals surface area contributed by atoms with Crippen molar-refractivity contribution in [1.29, 1.82) is 0 Å². The minimum Gasteiger partial charge on any atom is -0.303 e. The van der Waals surface area contributed by atoms with Crippen LogP contribution >= 0.6 is 22.6 Å². The van der Waals surface area contributed by atoms with Crippen molar-refractivity contribution in [3.05, 3.63) is 31.8 Å². The average molecular weight is 287 g/mol. The quantitative estimate of drug-likeness (QED) is 0.570. The zero-order valence-electron chi connectivity index (χ0n) is 7.60. The van der Waals surface area contributed by atoms with Crippen LogP contribution in [0.4, 0.5) is 0 Å². The molecule has 0 atom stereocenters. The lowest BCUT2D eigenvalue weighted by Crippen LogP contribution is -2.21. The predicted molar refractivity (Wildman–Crippen MR) is 61.6 cm³/mol. The molecule has 3 heteroatoms. The van der Waals surface area contributed by atoms with Crippen LogP contribution in [0, 0.1) is 22.3 Å². The maximum Gasteiger partial charge on any atom is 0.254 e. The van der Waals surface area contributed by atoms with E-state index in [0.717, 1.165) is 9.13 Å². The Bertz CT molecular complexity index is 423. The minimum atomic E-state index is 0.0446. The Morgan fingerprint density at radius 3 is 2.92 bits per heavy atom. The monoisotopic (exact) mass is 287 g/mol. The van der Waals surface area contributed by atoms with E-state index in [1.807, 2.05) is 19.2 Å². The highest BCUT2D eigenvalue weighted by Crippen LogP contribution is 2.02.